The van der Waals surface area contributed by atoms with Crippen molar-refractivity contribution in [2.24, 2.45) is 0 Å². The van der Waals surface area contributed by atoms with Gasteiger partial charge < -0.3 is 10.2 Å². The van der Waals surface area contributed by atoms with Gasteiger partial charge in [-0.25, -0.2) is 8.42 Å². The molecule has 1 aliphatic carbocycles. The topological polar surface area (TPSA) is 83.5 Å². The summed E-state index contributed by atoms with van der Waals surface area (Å²) in [6, 6.07) is 5.80. The van der Waals surface area contributed by atoms with Crippen LogP contribution in [-0.4, -0.2) is 48.5 Å². The molecule has 1 aromatic rings. The zero-order valence-corrected chi connectivity index (χ0v) is 18.4. The number of rotatable bonds is 6. The van der Waals surface area contributed by atoms with Crippen molar-refractivity contribution in [1.29, 1.82) is 0 Å². The highest BCUT2D eigenvalue weighted by Crippen LogP contribution is 2.31. The quantitative estimate of drug-likeness (QED) is 0.767. The van der Waals surface area contributed by atoms with Crippen molar-refractivity contribution in [3.05, 3.63) is 29.8 Å². The molecule has 2 fully saturated rings. The van der Waals surface area contributed by atoms with Crippen molar-refractivity contribution in [2.75, 3.05) is 0 Å². The molecule has 0 spiro atoms. The minimum Gasteiger partial charge on any atom is -0.352 e. The highest BCUT2D eigenvalue weighted by molar-refractivity contribution is 7.92. The van der Waals surface area contributed by atoms with Gasteiger partial charge in [0.15, 0.2) is 15.1 Å². The number of carbonyl (C=O) groups is 2. The van der Waals surface area contributed by atoms with Gasteiger partial charge >= 0.3 is 0 Å². The van der Waals surface area contributed by atoms with E-state index >= 15 is 0 Å². The van der Waals surface area contributed by atoms with Gasteiger partial charge in [0.25, 0.3) is 0 Å². The molecule has 1 saturated carbocycles. The molecular formula is C22H32N2O4S. The average molecular weight is 421 g/mol. The predicted octanol–water partition coefficient (Wildman–Crippen LogP) is 2.99. The van der Waals surface area contributed by atoms with Crippen LogP contribution in [-0.2, 0) is 19.4 Å². The lowest BCUT2D eigenvalue weighted by Crippen LogP contribution is -2.55. The van der Waals surface area contributed by atoms with Gasteiger partial charge in [-0.1, -0.05) is 37.0 Å². The third-order valence-corrected chi connectivity index (χ3v) is 8.22. The third kappa shape index (κ3) is 4.65. The summed E-state index contributed by atoms with van der Waals surface area (Å²) < 4.78 is 27.2. The number of nitrogens with one attached hydrogen (secondary N) is 1. The Hall–Kier alpha value is -1.89. The number of amides is 2. The van der Waals surface area contributed by atoms with Crippen LogP contribution in [0.15, 0.2) is 29.2 Å². The van der Waals surface area contributed by atoms with Gasteiger partial charge in [0, 0.05) is 18.5 Å². The second kappa shape index (κ2) is 8.86. The smallest absolute Gasteiger partial charge is 0.241 e. The Morgan fingerprint density at radius 2 is 1.69 bits per heavy atom. The summed E-state index contributed by atoms with van der Waals surface area (Å²) in [6.45, 7) is 5.62. The molecule has 1 aliphatic heterocycles. The molecule has 1 aromatic carbocycles. The molecular weight excluding hydrogens is 388 g/mol. The van der Waals surface area contributed by atoms with Crippen molar-refractivity contribution in [3.63, 3.8) is 0 Å². The summed E-state index contributed by atoms with van der Waals surface area (Å²) >= 11 is 0. The lowest BCUT2D eigenvalue weighted by molar-refractivity contribution is -0.131. The molecule has 160 valence electrons. The van der Waals surface area contributed by atoms with Crippen molar-refractivity contribution in [3.8, 4) is 0 Å². The average Bonchev–Trinajstić information content (AvgIpc) is 3.04. The van der Waals surface area contributed by atoms with E-state index in [-0.39, 0.29) is 29.3 Å². The van der Waals surface area contributed by atoms with Crippen LogP contribution in [0.4, 0.5) is 0 Å². The molecule has 0 radical (unpaired) electrons. The Kier molecular flexibility index (Phi) is 6.66. The minimum absolute atomic E-state index is 0.0107. The van der Waals surface area contributed by atoms with Crippen molar-refractivity contribution in [2.45, 2.75) is 94.0 Å². The summed E-state index contributed by atoms with van der Waals surface area (Å²) in [5.41, 5.74) is 0.951. The summed E-state index contributed by atoms with van der Waals surface area (Å²) in [5.74, 6) is -0.553. The van der Waals surface area contributed by atoms with Gasteiger partial charge in [0.2, 0.25) is 11.8 Å². The Balaban J connectivity index is 1.97. The molecule has 7 heteroatoms. The molecule has 0 bridgehead atoms. The second-order valence-corrected chi connectivity index (χ2v) is 10.7. The van der Waals surface area contributed by atoms with E-state index in [4.69, 9.17) is 0 Å². The number of likely N-dealkylation sites (tertiary alicyclic amines) is 1. The molecule has 1 N–H and O–H groups in total. The number of nitrogens with zero attached hydrogens (tertiary/aromatic N) is 1. The van der Waals surface area contributed by atoms with Crippen LogP contribution in [0.25, 0.3) is 0 Å². The highest BCUT2D eigenvalue weighted by Gasteiger charge is 2.48. The monoisotopic (exact) mass is 420 g/mol. The SMILES string of the molecule is Cc1ccc(S(=O)(=O)[C@@H](C(=O)NC2CCCCC2)[C@@H]2CCC(=O)N2C(C)C)cc1. The van der Waals surface area contributed by atoms with Crippen LogP contribution < -0.4 is 5.32 Å². The molecule has 2 amide bonds. The Labute approximate surface area is 174 Å². The fraction of sp³-hybridized carbons (Fsp3) is 0.636. The zero-order valence-electron chi connectivity index (χ0n) is 17.6. The van der Waals surface area contributed by atoms with Gasteiger partial charge in [0.1, 0.15) is 0 Å². The van der Waals surface area contributed by atoms with Crippen molar-refractivity contribution in [1.82, 2.24) is 10.2 Å². The first-order valence-electron chi connectivity index (χ1n) is 10.6. The van der Waals surface area contributed by atoms with Gasteiger partial charge in [-0.2, -0.15) is 0 Å². The highest BCUT2D eigenvalue weighted by atomic mass is 32.2. The van der Waals surface area contributed by atoms with Crippen LogP contribution in [0.3, 0.4) is 0 Å². The van der Waals surface area contributed by atoms with E-state index in [1.165, 1.54) is 0 Å². The fourth-order valence-corrected chi connectivity index (χ4v) is 6.46. The number of benzene rings is 1. The number of hydrogen-bond acceptors (Lipinski definition) is 4. The largest absolute Gasteiger partial charge is 0.352 e. The molecule has 0 aromatic heterocycles. The van der Waals surface area contributed by atoms with Crippen molar-refractivity contribution < 1.29 is 18.0 Å². The van der Waals surface area contributed by atoms with Crippen LogP contribution in [0.2, 0.25) is 0 Å². The molecule has 1 saturated heterocycles. The van der Waals surface area contributed by atoms with E-state index in [0.717, 1.165) is 37.7 Å². The Morgan fingerprint density at radius 1 is 1.07 bits per heavy atom. The fourth-order valence-electron chi connectivity index (χ4n) is 4.62. The standard InChI is InChI=1S/C22H32N2O4S/c1-15(2)24-19(13-14-20(24)25)21(22(26)23-17-7-5-4-6-8-17)29(27,28)18-11-9-16(3)10-12-18/h9-12,15,17,19,21H,4-8,13-14H2,1-3H3,(H,23,26)/t19-,21+/m0/s1. The van der Waals surface area contributed by atoms with Crippen LogP contribution in [0.5, 0.6) is 0 Å². The first-order chi connectivity index (χ1) is 13.7. The molecule has 3 rings (SSSR count). The van der Waals surface area contributed by atoms with Gasteiger partial charge in [-0.15, -0.1) is 0 Å². The van der Waals surface area contributed by atoms with E-state index in [2.05, 4.69) is 5.32 Å². The van der Waals surface area contributed by atoms with E-state index in [1.807, 2.05) is 20.8 Å². The van der Waals surface area contributed by atoms with Crippen LogP contribution >= 0.6 is 0 Å². The maximum atomic E-state index is 13.6. The lowest BCUT2D eigenvalue weighted by Gasteiger charge is -2.34. The van der Waals surface area contributed by atoms with Gasteiger partial charge in [0.05, 0.1) is 10.9 Å². The Bertz CT molecular complexity index is 842. The first kappa shape index (κ1) is 21.8. The van der Waals surface area contributed by atoms with Crippen molar-refractivity contribution >= 4 is 21.7 Å². The molecule has 29 heavy (non-hydrogen) atoms. The summed E-state index contributed by atoms with van der Waals surface area (Å²) in [4.78, 5) is 27.5. The molecule has 0 unspecified atom stereocenters. The lowest BCUT2D eigenvalue weighted by atomic mass is 9.95. The normalized spacial score (nSPS) is 22.1. The van der Waals surface area contributed by atoms with Crippen LogP contribution in [0, 0.1) is 6.92 Å². The second-order valence-electron chi connectivity index (χ2n) is 8.62. The maximum Gasteiger partial charge on any atom is 0.241 e. The van der Waals surface area contributed by atoms with Gasteiger partial charge in [-0.3, -0.25) is 9.59 Å². The zero-order chi connectivity index (χ0) is 21.2. The van der Waals surface area contributed by atoms with E-state index < -0.39 is 27.0 Å². The Morgan fingerprint density at radius 3 is 2.28 bits per heavy atom. The number of carbonyl (C=O) groups excluding carboxylic acids is 2. The number of hydrogen-bond donors (Lipinski definition) is 1. The third-order valence-electron chi connectivity index (χ3n) is 6.10. The van der Waals surface area contributed by atoms with Crippen LogP contribution in [0.1, 0.15) is 64.4 Å². The minimum atomic E-state index is -3.95. The van der Waals surface area contributed by atoms with E-state index in [1.54, 1.807) is 29.2 Å². The van der Waals surface area contributed by atoms with E-state index in [0.29, 0.717) is 6.42 Å². The maximum absolute atomic E-state index is 13.6. The number of aryl methyl sites for hydroxylation is 1. The summed E-state index contributed by atoms with van der Waals surface area (Å²) in [6.07, 6.45) is 5.64. The summed E-state index contributed by atoms with van der Waals surface area (Å²) in [5, 5.41) is 1.71. The predicted molar refractivity (Wildman–Crippen MR) is 112 cm³/mol. The summed E-state index contributed by atoms with van der Waals surface area (Å²) in [7, 11) is -3.95. The number of sulfone groups is 1. The van der Waals surface area contributed by atoms with Gasteiger partial charge in [-0.05, 0) is 52.2 Å². The molecule has 2 atom stereocenters. The molecule has 2 aliphatic rings. The van der Waals surface area contributed by atoms with E-state index in [9.17, 15) is 18.0 Å². The molecule has 1 heterocycles. The molecule has 6 nitrogen and oxygen atoms in total. The first-order valence-corrected chi connectivity index (χ1v) is 12.2.